The van der Waals surface area contributed by atoms with Gasteiger partial charge in [-0.3, -0.25) is 9.69 Å². The fraction of sp³-hybridized carbons (Fsp3) is 0.588. The zero-order valence-corrected chi connectivity index (χ0v) is 13.3. The van der Waals surface area contributed by atoms with E-state index in [4.69, 9.17) is 9.84 Å². The molecular weight excluding hydrogens is 266 g/mol. The zero-order chi connectivity index (χ0) is 15.7. The van der Waals surface area contributed by atoms with Crippen molar-refractivity contribution in [3.05, 3.63) is 35.9 Å². The molecule has 1 aromatic rings. The number of carboxylic acid groups (broad SMARTS) is 1. The monoisotopic (exact) mass is 293 g/mol. The molecule has 0 saturated heterocycles. The zero-order valence-electron chi connectivity index (χ0n) is 13.3. The molecule has 0 amide bonds. The van der Waals surface area contributed by atoms with Gasteiger partial charge in [0.15, 0.2) is 0 Å². The van der Waals surface area contributed by atoms with Gasteiger partial charge in [0.1, 0.15) is 0 Å². The molecule has 4 heteroatoms. The SMILES string of the molecule is CC(C)OCCCN(CCC(=O)O)C(C)c1ccccc1. The third-order valence-electron chi connectivity index (χ3n) is 3.48. The molecule has 0 aliphatic carbocycles. The van der Waals surface area contributed by atoms with Crippen molar-refractivity contribution in [2.75, 3.05) is 19.7 Å². The third-order valence-corrected chi connectivity index (χ3v) is 3.48. The first-order chi connectivity index (χ1) is 10.0. The molecule has 1 N–H and O–H groups in total. The van der Waals surface area contributed by atoms with Crippen molar-refractivity contribution < 1.29 is 14.6 Å². The molecule has 1 atom stereocenters. The van der Waals surface area contributed by atoms with Crippen molar-refractivity contribution in [3.8, 4) is 0 Å². The normalized spacial score (nSPS) is 12.8. The second-order valence-corrected chi connectivity index (χ2v) is 5.54. The molecule has 0 aliphatic rings. The van der Waals surface area contributed by atoms with Crippen molar-refractivity contribution in [1.82, 2.24) is 4.90 Å². The Balaban J connectivity index is 2.56. The van der Waals surface area contributed by atoms with Crippen molar-refractivity contribution in [2.45, 2.75) is 45.8 Å². The van der Waals surface area contributed by atoms with E-state index < -0.39 is 5.97 Å². The van der Waals surface area contributed by atoms with Crippen LogP contribution in [0.4, 0.5) is 0 Å². The average Bonchev–Trinajstić information content (AvgIpc) is 2.46. The van der Waals surface area contributed by atoms with Crippen LogP contribution < -0.4 is 0 Å². The lowest BCUT2D eigenvalue weighted by atomic mass is 10.1. The van der Waals surface area contributed by atoms with Crippen LogP contribution in [0.2, 0.25) is 0 Å². The highest BCUT2D eigenvalue weighted by Crippen LogP contribution is 2.20. The van der Waals surface area contributed by atoms with Gasteiger partial charge in [-0.25, -0.2) is 0 Å². The summed E-state index contributed by atoms with van der Waals surface area (Å²) in [5.41, 5.74) is 1.22. The lowest BCUT2D eigenvalue weighted by molar-refractivity contribution is -0.137. The lowest BCUT2D eigenvalue weighted by Crippen LogP contribution is -2.31. The van der Waals surface area contributed by atoms with E-state index in [1.807, 2.05) is 32.0 Å². The first-order valence-corrected chi connectivity index (χ1v) is 7.63. The quantitative estimate of drug-likeness (QED) is 0.672. The van der Waals surface area contributed by atoms with Gasteiger partial charge in [-0.1, -0.05) is 30.3 Å². The second-order valence-electron chi connectivity index (χ2n) is 5.54. The number of rotatable bonds is 10. The number of carbonyl (C=O) groups is 1. The Hall–Kier alpha value is -1.39. The molecule has 118 valence electrons. The Morgan fingerprint density at radius 3 is 2.43 bits per heavy atom. The summed E-state index contributed by atoms with van der Waals surface area (Å²) in [5, 5.41) is 8.91. The molecule has 0 aromatic heterocycles. The summed E-state index contributed by atoms with van der Waals surface area (Å²) in [6, 6.07) is 10.4. The maximum Gasteiger partial charge on any atom is 0.304 e. The van der Waals surface area contributed by atoms with Crippen LogP contribution >= 0.6 is 0 Å². The van der Waals surface area contributed by atoms with E-state index in [9.17, 15) is 4.79 Å². The third kappa shape index (κ3) is 7.25. The average molecular weight is 293 g/mol. The summed E-state index contributed by atoms with van der Waals surface area (Å²) >= 11 is 0. The summed E-state index contributed by atoms with van der Waals surface area (Å²) in [4.78, 5) is 13.0. The minimum atomic E-state index is -0.751. The van der Waals surface area contributed by atoms with Crippen molar-refractivity contribution in [3.63, 3.8) is 0 Å². The molecule has 21 heavy (non-hydrogen) atoms. The van der Waals surface area contributed by atoms with E-state index in [0.717, 1.165) is 13.0 Å². The standard InChI is InChI=1S/C17H27NO3/c1-14(2)21-13-7-11-18(12-10-17(19)20)15(3)16-8-5-4-6-9-16/h4-6,8-9,14-15H,7,10-13H2,1-3H3,(H,19,20). The van der Waals surface area contributed by atoms with Gasteiger partial charge in [-0.05, 0) is 32.8 Å². The van der Waals surface area contributed by atoms with Gasteiger partial charge in [-0.15, -0.1) is 0 Å². The lowest BCUT2D eigenvalue weighted by Gasteiger charge is -2.29. The minimum Gasteiger partial charge on any atom is -0.481 e. The number of ether oxygens (including phenoxy) is 1. The highest BCUT2D eigenvalue weighted by Gasteiger charge is 2.16. The molecule has 0 saturated carbocycles. The van der Waals surface area contributed by atoms with E-state index in [0.29, 0.717) is 13.2 Å². The van der Waals surface area contributed by atoms with Gasteiger partial charge < -0.3 is 9.84 Å². The highest BCUT2D eigenvalue weighted by atomic mass is 16.5. The maximum atomic E-state index is 10.8. The summed E-state index contributed by atoms with van der Waals surface area (Å²) in [6.07, 6.45) is 1.32. The molecule has 1 rings (SSSR count). The first kappa shape index (κ1) is 17.7. The van der Waals surface area contributed by atoms with Gasteiger partial charge in [0.05, 0.1) is 12.5 Å². The van der Waals surface area contributed by atoms with Gasteiger partial charge in [0.2, 0.25) is 0 Å². The topological polar surface area (TPSA) is 49.8 Å². The Labute approximate surface area is 127 Å². The highest BCUT2D eigenvalue weighted by molar-refractivity contribution is 5.66. The molecule has 4 nitrogen and oxygen atoms in total. The van der Waals surface area contributed by atoms with Crippen molar-refractivity contribution >= 4 is 5.97 Å². The smallest absolute Gasteiger partial charge is 0.304 e. The van der Waals surface area contributed by atoms with Crippen LogP contribution in [-0.4, -0.2) is 41.8 Å². The number of carboxylic acids is 1. The molecule has 1 aromatic carbocycles. The second kappa shape index (κ2) is 9.53. The van der Waals surface area contributed by atoms with Crippen LogP contribution in [0, 0.1) is 0 Å². The Bertz CT molecular complexity index is 406. The first-order valence-electron chi connectivity index (χ1n) is 7.63. The van der Waals surface area contributed by atoms with Crippen molar-refractivity contribution in [2.24, 2.45) is 0 Å². The molecular formula is C17H27NO3. The summed E-state index contributed by atoms with van der Waals surface area (Å²) < 4.78 is 5.56. The molecule has 0 aliphatic heterocycles. The summed E-state index contributed by atoms with van der Waals surface area (Å²) in [7, 11) is 0. The fourth-order valence-corrected chi connectivity index (χ4v) is 2.27. The van der Waals surface area contributed by atoms with Crippen LogP contribution in [0.25, 0.3) is 0 Å². The minimum absolute atomic E-state index is 0.169. The van der Waals surface area contributed by atoms with Crippen LogP contribution in [0.5, 0.6) is 0 Å². The fourth-order valence-electron chi connectivity index (χ4n) is 2.27. The molecule has 0 heterocycles. The number of hydrogen-bond donors (Lipinski definition) is 1. The molecule has 1 unspecified atom stereocenters. The molecule has 0 fully saturated rings. The molecule has 0 radical (unpaired) electrons. The Morgan fingerprint density at radius 2 is 1.86 bits per heavy atom. The van der Waals surface area contributed by atoms with Crippen LogP contribution in [0.15, 0.2) is 30.3 Å². The van der Waals surface area contributed by atoms with Crippen molar-refractivity contribution in [1.29, 1.82) is 0 Å². The van der Waals surface area contributed by atoms with Gasteiger partial charge >= 0.3 is 5.97 Å². The summed E-state index contributed by atoms with van der Waals surface area (Å²) in [6.45, 7) is 8.29. The van der Waals surface area contributed by atoms with E-state index in [1.165, 1.54) is 5.56 Å². The van der Waals surface area contributed by atoms with Crippen LogP contribution in [0.1, 0.15) is 45.2 Å². The predicted molar refractivity (Wildman–Crippen MR) is 84.4 cm³/mol. The molecule has 0 bridgehead atoms. The maximum absolute atomic E-state index is 10.8. The number of hydrogen-bond acceptors (Lipinski definition) is 3. The largest absolute Gasteiger partial charge is 0.481 e. The van der Waals surface area contributed by atoms with E-state index in [2.05, 4.69) is 24.0 Å². The summed E-state index contributed by atoms with van der Waals surface area (Å²) in [5.74, 6) is -0.751. The van der Waals surface area contributed by atoms with Gasteiger partial charge in [0, 0.05) is 25.7 Å². The van der Waals surface area contributed by atoms with E-state index in [-0.39, 0.29) is 18.6 Å². The van der Waals surface area contributed by atoms with Crippen LogP contribution in [-0.2, 0) is 9.53 Å². The Morgan fingerprint density at radius 1 is 1.19 bits per heavy atom. The predicted octanol–water partition coefficient (Wildman–Crippen LogP) is 3.34. The number of nitrogens with zero attached hydrogens (tertiary/aromatic N) is 1. The van der Waals surface area contributed by atoms with E-state index >= 15 is 0 Å². The number of aliphatic carboxylic acids is 1. The van der Waals surface area contributed by atoms with Gasteiger partial charge in [-0.2, -0.15) is 0 Å². The van der Waals surface area contributed by atoms with E-state index in [1.54, 1.807) is 0 Å². The van der Waals surface area contributed by atoms with Gasteiger partial charge in [0.25, 0.3) is 0 Å². The Kier molecular flexibility index (Phi) is 8.01. The van der Waals surface area contributed by atoms with Crippen LogP contribution in [0.3, 0.4) is 0 Å². The number of benzene rings is 1. The molecule has 0 spiro atoms.